The molecule has 0 unspecified atom stereocenters. The van der Waals surface area contributed by atoms with Gasteiger partial charge in [-0.05, 0) is 19.8 Å². The molecular weight excluding hydrogens is 180 g/mol. The standard InChI is InChI=1S/C11H16O3/c1-2-14-11(13)8-5-9-3-6-10(12)7-4-9/h5H,2-4,6-8H2,1H3. The van der Waals surface area contributed by atoms with E-state index in [1.165, 1.54) is 5.57 Å². The van der Waals surface area contributed by atoms with E-state index in [1.54, 1.807) is 6.92 Å². The average molecular weight is 196 g/mol. The normalized spacial score (nSPS) is 16.6. The molecule has 0 bridgehead atoms. The lowest BCUT2D eigenvalue weighted by Gasteiger charge is -2.12. The maximum absolute atomic E-state index is 11.0. The van der Waals surface area contributed by atoms with Crippen molar-refractivity contribution in [3.63, 3.8) is 0 Å². The summed E-state index contributed by atoms with van der Waals surface area (Å²) in [4.78, 5) is 21.9. The summed E-state index contributed by atoms with van der Waals surface area (Å²) in [5.74, 6) is 0.148. The molecular formula is C11H16O3. The van der Waals surface area contributed by atoms with E-state index < -0.39 is 0 Å². The van der Waals surface area contributed by atoms with Gasteiger partial charge in [0, 0.05) is 12.8 Å². The van der Waals surface area contributed by atoms with Gasteiger partial charge in [0.25, 0.3) is 0 Å². The molecule has 3 nitrogen and oxygen atoms in total. The van der Waals surface area contributed by atoms with Crippen LogP contribution in [0.3, 0.4) is 0 Å². The Hall–Kier alpha value is -1.12. The van der Waals surface area contributed by atoms with Gasteiger partial charge >= 0.3 is 5.97 Å². The Labute approximate surface area is 84.1 Å². The molecule has 1 aliphatic rings. The van der Waals surface area contributed by atoms with Crippen LogP contribution in [0.5, 0.6) is 0 Å². The van der Waals surface area contributed by atoms with E-state index in [0.717, 1.165) is 12.8 Å². The first-order valence-electron chi connectivity index (χ1n) is 5.07. The van der Waals surface area contributed by atoms with E-state index >= 15 is 0 Å². The molecule has 0 saturated heterocycles. The average Bonchev–Trinajstić information content (AvgIpc) is 2.17. The van der Waals surface area contributed by atoms with E-state index in [4.69, 9.17) is 4.74 Å². The fourth-order valence-corrected chi connectivity index (χ4v) is 1.50. The van der Waals surface area contributed by atoms with Crippen molar-refractivity contribution >= 4 is 11.8 Å². The molecule has 1 rings (SSSR count). The van der Waals surface area contributed by atoms with Gasteiger partial charge in [0.05, 0.1) is 13.0 Å². The van der Waals surface area contributed by atoms with Gasteiger partial charge in [0.15, 0.2) is 0 Å². The summed E-state index contributed by atoms with van der Waals surface area (Å²) in [6, 6.07) is 0. The van der Waals surface area contributed by atoms with Gasteiger partial charge in [0.1, 0.15) is 5.78 Å². The van der Waals surface area contributed by atoms with E-state index in [9.17, 15) is 9.59 Å². The second-order valence-corrected chi connectivity index (χ2v) is 3.41. The zero-order chi connectivity index (χ0) is 10.4. The van der Waals surface area contributed by atoms with Crippen LogP contribution in [0, 0.1) is 0 Å². The molecule has 1 fully saturated rings. The molecule has 1 saturated carbocycles. The lowest BCUT2D eigenvalue weighted by Crippen LogP contribution is -2.07. The van der Waals surface area contributed by atoms with Crippen molar-refractivity contribution in [3.05, 3.63) is 11.6 Å². The largest absolute Gasteiger partial charge is 0.466 e. The van der Waals surface area contributed by atoms with Crippen LogP contribution < -0.4 is 0 Å². The number of carbonyl (C=O) groups is 2. The molecule has 0 radical (unpaired) electrons. The fourth-order valence-electron chi connectivity index (χ4n) is 1.50. The first-order valence-corrected chi connectivity index (χ1v) is 5.07. The number of Topliss-reactive ketones (excluding diaryl/α,β-unsaturated/α-hetero) is 1. The van der Waals surface area contributed by atoms with Crippen LogP contribution in [0.2, 0.25) is 0 Å². The molecule has 3 heteroatoms. The quantitative estimate of drug-likeness (QED) is 0.512. The van der Waals surface area contributed by atoms with E-state index in [0.29, 0.717) is 31.7 Å². The summed E-state index contributed by atoms with van der Waals surface area (Å²) in [6.07, 6.45) is 5.15. The zero-order valence-corrected chi connectivity index (χ0v) is 8.54. The first-order chi connectivity index (χ1) is 6.72. The Balaban J connectivity index is 2.30. The van der Waals surface area contributed by atoms with Crippen LogP contribution in [-0.2, 0) is 14.3 Å². The third-order valence-corrected chi connectivity index (χ3v) is 2.31. The summed E-state index contributed by atoms with van der Waals surface area (Å²) in [5.41, 5.74) is 1.22. The summed E-state index contributed by atoms with van der Waals surface area (Å²) < 4.78 is 4.80. The van der Waals surface area contributed by atoms with Gasteiger partial charge < -0.3 is 4.74 Å². The number of hydrogen-bond donors (Lipinski definition) is 0. The van der Waals surface area contributed by atoms with Crippen LogP contribution in [-0.4, -0.2) is 18.4 Å². The zero-order valence-electron chi connectivity index (χ0n) is 8.54. The topological polar surface area (TPSA) is 43.4 Å². The molecule has 0 aromatic carbocycles. The van der Waals surface area contributed by atoms with E-state index in [2.05, 4.69) is 0 Å². The highest BCUT2D eigenvalue weighted by Crippen LogP contribution is 2.20. The Morgan fingerprint density at radius 3 is 2.57 bits per heavy atom. The minimum atomic E-state index is -0.183. The van der Waals surface area contributed by atoms with Crippen LogP contribution in [0.1, 0.15) is 39.0 Å². The van der Waals surface area contributed by atoms with Gasteiger partial charge in [-0.25, -0.2) is 0 Å². The second-order valence-electron chi connectivity index (χ2n) is 3.41. The molecule has 0 amide bonds. The predicted molar refractivity (Wildman–Crippen MR) is 52.8 cm³/mol. The van der Waals surface area contributed by atoms with E-state index in [-0.39, 0.29) is 5.97 Å². The van der Waals surface area contributed by atoms with Crippen molar-refractivity contribution < 1.29 is 14.3 Å². The molecule has 0 N–H and O–H groups in total. The Morgan fingerprint density at radius 2 is 2.00 bits per heavy atom. The second kappa shape index (κ2) is 5.58. The molecule has 0 heterocycles. The van der Waals surface area contributed by atoms with Crippen molar-refractivity contribution in [1.29, 1.82) is 0 Å². The lowest BCUT2D eigenvalue weighted by molar-refractivity contribution is -0.142. The van der Waals surface area contributed by atoms with Crippen molar-refractivity contribution in [1.82, 2.24) is 0 Å². The molecule has 78 valence electrons. The van der Waals surface area contributed by atoms with Crippen molar-refractivity contribution in [2.75, 3.05) is 6.61 Å². The Morgan fingerprint density at radius 1 is 1.36 bits per heavy atom. The molecule has 0 atom stereocenters. The molecule has 0 aliphatic heterocycles. The third-order valence-electron chi connectivity index (χ3n) is 2.31. The lowest BCUT2D eigenvalue weighted by atomic mass is 9.93. The Bertz CT molecular complexity index is 241. The number of rotatable bonds is 3. The number of ether oxygens (including phenoxy) is 1. The van der Waals surface area contributed by atoms with Crippen LogP contribution >= 0.6 is 0 Å². The molecule has 0 spiro atoms. The highest BCUT2D eigenvalue weighted by Gasteiger charge is 2.12. The third kappa shape index (κ3) is 3.73. The number of carbonyl (C=O) groups excluding carboxylic acids is 2. The molecule has 1 aliphatic carbocycles. The van der Waals surface area contributed by atoms with Gasteiger partial charge in [-0.2, -0.15) is 0 Å². The van der Waals surface area contributed by atoms with Gasteiger partial charge in [0.2, 0.25) is 0 Å². The Kier molecular flexibility index (Phi) is 4.36. The summed E-state index contributed by atoms with van der Waals surface area (Å²) in [7, 11) is 0. The first kappa shape index (κ1) is 11.0. The number of ketones is 1. The summed E-state index contributed by atoms with van der Waals surface area (Å²) >= 11 is 0. The van der Waals surface area contributed by atoms with Crippen LogP contribution in [0.25, 0.3) is 0 Å². The van der Waals surface area contributed by atoms with Crippen molar-refractivity contribution in [3.8, 4) is 0 Å². The monoisotopic (exact) mass is 196 g/mol. The number of allylic oxidation sites excluding steroid dienone is 1. The summed E-state index contributed by atoms with van der Waals surface area (Å²) in [6.45, 7) is 2.23. The van der Waals surface area contributed by atoms with Crippen LogP contribution in [0.15, 0.2) is 11.6 Å². The highest BCUT2D eigenvalue weighted by molar-refractivity contribution is 5.80. The number of hydrogen-bond acceptors (Lipinski definition) is 3. The fraction of sp³-hybridized carbons (Fsp3) is 0.636. The van der Waals surface area contributed by atoms with Gasteiger partial charge in [-0.15, -0.1) is 0 Å². The molecule has 0 aromatic rings. The molecule has 14 heavy (non-hydrogen) atoms. The maximum Gasteiger partial charge on any atom is 0.309 e. The SMILES string of the molecule is CCOC(=O)CC=C1CCC(=O)CC1. The van der Waals surface area contributed by atoms with E-state index in [1.807, 2.05) is 6.08 Å². The smallest absolute Gasteiger partial charge is 0.309 e. The summed E-state index contributed by atoms with van der Waals surface area (Å²) in [5, 5.41) is 0. The maximum atomic E-state index is 11.0. The highest BCUT2D eigenvalue weighted by atomic mass is 16.5. The minimum absolute atomic E-state index is 0.183. The van der Waals surface area contributed by atoms with Gasteiger partial charge in [-0.1, -0.05) is 11.6 Å². The van der Waals surface area contributed by atoms with Crippen molar-refractivity contribution in [2.24, 2.45) is 0 Å². The number of esters is 1. The predicted octanol–water partition coefficient (Wildman–Crippen LogP) is 2.01. The van der Waals surface area contributed by atoms with Gasteiger partial charge in [-0.3, -0.25) is 9.59 Å². The molecule has 0 aromatic heterocycles. The minimum Gasteiger partial charge on any atom is -0.466 e. The van der Waals surface area contributed by atoms with Crippen molar-refractivity contribution in [2.45, 2.75) is 39.0 Å². The van der Waals surface area contributed by atoms with Crippen LogP contribution in [0.4, 0.5) is 0 Å².